The van der Waals surface area contributed by atoms with Gasteiger partial charge in [-0.3, -0.25) is 4.90 Å². The van der Waals surface area contributed by atoms with Crippen LogP contribution in [0.3, 0.4) is 0 Å². The van der Waals surface area contributed by atoms with Crippen LogP contribution in [-0.2, 0) is 19.1 Å². The number of ether oxygens (including phenoxy) is 2. The van der Waals surface area contributed by atoms with Crippen molar-refractivity contribution < 1.29 is 27.8 Å². The number of methoxy groups -OCH3 is 1. The van der Waals surface area contributed by atoms with Crippen LogP contribution in [0.5, 0.6) is 0 Å². The molecule has 2 atom stereocenters. The lowest BCUT2D eigenvalue weighted by Gasteiger charge is -2.33. The molecule has 1 N–H and O–H groups in total. The maximum atomic E-state index is 14.0. The molecule has 2 aliphatic heterocycles. The SMILES string of the molecule is COC(=O)C1=C(C)NC(C)=C(C(=O)OC2(C)CCN(CCC(c3ccc(F)cc3)c3ccc(F)cc3)C2)C1c1cccc(N=O)c1. The van der Waals surface area contributed by atoms with Gasteiger partial charge in [-0.2, -0.15) is 0 Å². The minimum Gasteiger partial charge on any atom is -0.466 e. The van der Waals surface area contributed by atoms with Crippen LogP contribution in [0.1, 0.15) is 62.1 Å². The van der Waals surface area contributed by atoms with Gasteiger partial charge in [-0.05, 0) is 92.0 Å². The van der Waals surface area contributed by atoms with Gasteiger partial charge >= 0.3 is 11.9 Å². The Morgan fingerprint density at radius 2 is 1.54 bits per heavy atom. The Labute approximate surface area is 267 Å². The summed E-state index contributed by atoms with van der Waals surface area (Å²) in [6.07, 6.45) is 1.27. The van der Waals surface area contributed by atoms with Crippen LogP contribution < -0.4 is 5.32 Å². The van der Waals surface area contributed by atoms with Gasteiger partial charge in [0.25, 0.3) is 0 Å². The monoisotopic (exact) mass is 629 g/mol. The van der Waals surface area contributed by atoms with E-state index in [1.165, 1.54) is 31.4 Å². The van der Waals surface area contributed by atoms with Gasteiger partial charge in [0.15, 0.2) is 0 Å². The van der Waals surface area contributed by atoms with Crippen molar-refractivity contribution in [1.82, 2.24) is 10.2 Å². The molecule has 1 fully saturated rings. The molecule has 8 nitrogen and oxygen atoms in total. The number of esters is 2. The molecule has 0 spiro atoms. The third-order valence-corrected chi connectivity index (χ3v) is 8.83. The van der Waals surface area contributed by atoms with Gasteiger partial charge in [-0.25, -0.2) is 18.4 Å². The summed E-state index contributed by atoms with van der Waals surface area (Å²) in [6, 6.07) is 19.2. The Kier molecular flexibility index (Phi) is 9.76. The maximum absolute atomic E-state index is 14.0. The summed E-state index contributed by atoms with van der Waals surface area (Å²) in [6.45, 7) is 7.20. The Morgan fingerprint density at radius 3 is 2.11 bits per heavy atom. The third kappa shape index (κ3) is 7.07. The van der Waals surface area contributed by atoms with Crippen LogP contribution >= 0.6 is 0 Å². The minimum atomic E-state index is -0.837. The summed E-state index contributed by atoms with van der Waals surface area (Å²) >= 11 is 0. The van der Waals surface area contributed by atoms with Crippen molar-refractivity contribution >= 4 is 17.6 Å². The van der Waals surface area contributed by atoms with Crippen LogP contribution in [0.2, 0.25) is 0 Å². The molecule has 2 unspecified atom stereocenters. The van der Waals surface area contributed by atoms with Crippen LogP contribution in [0, 0.1) is 16.5 Å². The quantitative estimate of drug-likeness (QED) is 0.191. The van der Waals surface area contributed by atoms with E-state index in [0.29, 0.717) is 49.4 Å². The number of dihydropyridines is 1. The van der Waals surface area contributed by atoms with E-state index in [0.717, 1.165) is 11.1 Å². The van der Waals surface area contributed by atoms with Gasteiger partial charge in [0.2, 0.25) is 0 Å². The van der Waals surface area contributed by atoms with E-state index in [2.05, 4.69) is 15.4 Å². The van der Waals surface area contributed by atoms with Crippen molar-refractivity contribution in [3.8, 4) is 0 Å². The molecule has 2 aliphatic rings. The fourth-order valence-electron chi connectivity index (χ4n) is 6.55. The Bertz CT molecular complexity index is 1640. The minimum absolute atomic E-state index is 0.0825. The molecule has 0 aromatic heterocycles. The molecule has 3 aromatic rings. The highest BCUT2D eigenvalue weighted by Crippen LogP contribution is 2.41. The number of halogens is 2. The molecule has 0 amide bonds. The van der Waals surface area contributed by atoms with E-state index in [9.17, 15) is 23.3 Å². The van der Waals surface area contributed by atoms with Gasteiger partial charge in [0.1, 0.15) is 22.9 Å². The topological polar surface area (TPSA) is 97.3 Å². The van der Waals surface area contributed by atoms with Crippen molar-refractivity contribution in [2.75, 3.05) is 26.7 Å². The summed E-state index contributed by atoms with van der Waals surface area (Å²) in [5.41, 5.74) is 3.31. The summed E-state index contributed by atoms with van der Waals surface area (Å²) in [5.74, 6) is -2.74. The first-order valence-electron chi connectivity index (χ1n) is 15.2. The van der Waals surface area contributed by atoms with Crippen LogP contribution in [0.4, 0.5) is 14.5 Å². The lowest BCUT2D eigenvalue weighted by atomic mass is 9.80. The Morgan fingerprint density at radius 1 is 0.957 bits per heavy atom. The molecular weight excluding hydrogens is 592 g/mol. The normalized spacial score (nSPS) is 20.1. The van der Waals surface area contributed by atoms with Crippen molar-refractivity contribution in [2.24, 2.45) is 5.18 Å². The predicted octanol–water partition coefficient (Wildman–Crippen LogP) is 7.00. The zero-order valence-electron chi connectivity index (χ0n) is 26.3. The van der Waals surface area contributed by atoms with E-state index in [-0.39, 0.29) is 34.4 Å². The number of hydrogen-bond acceptors (Lipinski definition) is 8. The second-order valence-electron chi connectivity index (χ2n) is 12.1. The number of hydrogen-bond donors (Lipinski definition) is 1. The number of rotatable bonds is 10. The smallest absolute Gasteiger partial charge is 0.337 e. The molecule has 3 aromatic carbocycles. The molecular formula is C36H37F2N3O5. The molecule has 0 bridgehead atoms. The number of nitrogens with zero attached hydrogens (tertiary/aromatic N) is 2. The number of allylic oxidation sites excluding steroid dienone is 2. The predicted molar refractivity (Wildman–Crippen MR) is 170 cm³/mol. The number of benzene rings is 3. The third-order valence-electron chi connectivity index (χ3n) is 8.83. The van der Waals surface area contributed by atoms with Gasteiger partial charge in [0, 0.05) is 36.8 Å². The molecule has 0 radical (unpaired) electrons. The van der Waals surface area contributed by atoms with Gasteiger partial charge in [0.05, 0.1) is 24.2 Å². The zero-order chi connectivity index (χ0) is 33.0. The van der Waals surface area contributed by atoms with Gasteiger partial charge in [-0.15, -0.1) is 4.91 Å². The Hall–Kier alpha value is -4.70. The van der Waals surface area contributed by atoms with Crippen molar-refractivity contribution in [3.05, 3.63) is 129 Å². The molecule has 2 heterocycles. The first kappa shape index (κ1) is 32.7. The molecule has 46 heavy (non-hydrogen) atoms. The first-order valence-corrected chi connectivity index (χ1v) is 15.2. The molecule has 1 saturated heterocycles. The highest BCUT2D eigenvalue weighted by molar-refractivity contribution is 6.00. The summed E-state index contributed by atoms with van der Waals surface area (Å²) in [7, 11) is 1.27. The van der Waals surface area contributed by atoms with Gasteiger partial charge in [-0.1, -0.05) is 36.4 Å². The lowest BCUT2D eigenvalue weighted by molar-refractivity contribution is -0.152. The van der Waals surface area contributed by atoms with E-state index in [1.54, 1.807) is 62.4 Å². The van der Waals surface area contributed by atoms with E-state index < -0.39 is 23.5 Å². The van der Waals surface area contributed by atoms with E-state index in [1.807, 2.05) is 6.92 Å². The second kappa shape index (κ2) is 13.7. The number of carbonyl (C=O) groups excluding carboxylic acids is 2. The van der Waals surface area contributed by atoms with Crippen LogP contribution in [0.15, 0.2) is 101 Å². The van der Waals surface area contributed by atoms with Gasteiger partial charge < -0.3 is 14.8 Å². The second-order valence-corrected chi connectivity index (χ2v) is 12.1. The standard InChI is InChI=1S/C36H37F2N3O5/c1-22-31(34(42)45-4)33(26-6-5-7-29(20-26)40-44)32(23(2)39-22)35(43)46-36(3)17-19-41(21-36)18-16-30(24-8-12-27(37)13-9-24)25-10-14-28(38)15-11-25/h5-15,20,30,33,39H,16-19,21H2,1-4H3. The largest absolute Gasteiger partial charge is 0.466 e. The maximum Gasteiger partial charge on any atom is 0.337 e. The number of likely N-dealkylation sites (tertiary alicyclic amines) is 1. The molecule has 0 aliphatic carbocycles. The average Bonchev–Trinajstić information content (AvgIpc) is 3.41. The van der Waals surface area contributed by atoms with E-state index in [4.69, 9.17) is 9.47 Å². The summed E-state index contributed by atoms with van der Waals surface area (Å²) in [4.78, 5) is 40.5. The lowest BCUT2D eigenvalue weighted by Crippen LogP contribution is -2.39. The van der Waals surface area contributed by atoms with Crippen molar-refractivity contribution in [3.63, 3.8) is 0 Å². The molecule has 0 saturated carbocycles. The summed E-state index contributed by atoms with van der Waals surface area (Å²) < 4.78 is 38.7. The zero-order valence-corrected chi connectivity index (χ0v) is 26.3. The van der Waals surface area contributed by atoms with Crippen molar-refractivity contribution in [1.29, 1.82) is 0 Å². The fourth-order valence-corrected chi connectivity index (χ4v) is 6.55. The number of nitroso groups, excluding NO2 is 1. The fraction of sp³-hybridized carbons (Fsp3) is 0.333. The van der Waals surface area contributed by atoms with Crippen LogP contribution in [-0.4, -0.2) is 49.2 Å². The molecule has 10 heteroatoms. The van der Waals surface area contributed by atoms with Crippen LogP contribution in [0.25, 0.3) is 0 Å². The highest BCUT2D eigenvalue weighted by atomic mass is 19.1. The number of nitrogens with one attached hydrogen (secondary N) is 1. The summed E-state index contributed by atoms with van der Waals surface area (Å²) in [5, 5.41) is 6.17. The molecule has 5 rings (SSSR count). The highest BCUT2D eigenvalue weighted by Gasteiger charge is 2.42. The number of carbonyl (C=O) groups is 2. The molecule has 240 valence electrons. The Balaban J connectivity index is 1.34. The average molecular weight is 630 g/mol. The first-order chi connectivity index (χ1) is 22.0. The van der Waals surface area contributed by atoms with Crippen molar-refractivity contribution in [2.45, 2.75) is 51.0 Å². The van der Waals surface area contributed by atoms with E-state index >= 15 is 0 Å².